The Hall–Kier alpha value is -2.30. The van der Waals surface area contributed by atoms with Crippen LogP contribution < -0.4 is 5.32 Å². The Morgan fingerprint density at radius 2 is 1.81 bits per heavy atom. The second kappa shape index (κ2) is 5.99. The summed E-state index contributed by atoms with van der Waals surface area (Å²) < 4.78 is 37.8. The van der Waals surface area contributed by atoms with Crippen LogP contribution in [0.1, 0.15) is 27.0 Å². The lowest BCUT2D eigenvalue weighted by Gasteiger charge is -2.10. The predicted octanol–water partition coefficient (Wildman–Crippen LogP) is 3.94. The smallest absolute Gasteiger partial charge is 0.348 e. The fourth-order valence-corrected chi connectivity index (χ4v) is 1.93. The molecule has 0 saturated heterocycles. The summed E-state index contributed by atoms with van der Waals surface area (Å²) in [6.45, 7) is 1.92. The molecule has 0 unspecified atom stereocenters. The van der Waals surface area contributed by atoms with E-state index in [9.17, 15) is 18.0 Å². The average Bonchev–Trinajstić information content (AvgIpc) is 2.44. The third-order valence-corrected chi connectivity index (χ3v) is 2.99. The summed E-state index contributed by atoms with van der Waals surface area (Å²) in [6, 6.07) is 11.9. The lowest BCUT2D eigenvalue weighted by Crippen LogP contribution is -2.23. The second-order valence-corrected chi connectivity index (χ2v) is 4.75. The second-order valence-electron chi connectivity index (χ2n) is 4.75. The third kappa shape index (κ3) is 4.08. The van der Waals surface area contributed by atoms with E-state index in [0.717, 1.165) is 17.7 Å². The molecule has 0 aromatic heterocycles. The molecule has 2 nitrogen and oxygen atoms in total. The van der Waals surface area contributed by atoms with Crippen LogP contribution in [0.25, 0.3) is 0 Å². The summed E-state index contributed by atoms with van der Waals surface area (Å²) in [5, 5.41) is 2.61. The summed E-state index contributed by atoms with van der Waals surface area (Å²) >= 11 is 0. The molecule has 2 rings (SSSR count). The van der Waals surface area contributed by atoms with Gasteiger partial charge >= 0.3 is 6.18 Å². The third-order valence-electron chi connectivity index (χ3n) is 2.99. The number of hydrogen-bond acceptors (Lipinski definition) is 1. The van der Waals surface area contributed by atoms with E-state index in [1.54, 1.807) is 24.3 Å². The molecule has 5 heteroatoms. The maximum absolute atomic E-state index is 12.6. The molecule has 0 bridgehead atoms. The molecule has 0 heterocycles. The van der Waals surface area contributed by atoms with Gasteiger partial charge in [0, 0.05) is 12.1 Å². The first-order valence-corrected chi connectivity index (χ1v) is 6.37. The van der Waals surface area contributed by atoms with E-state index in [4.69, 9.17) is 0 Å². The Labute approximate surface area is 120 Å². The first-order chi connectivity index (χ1) is 9.86. The van der Waals surface area contributed by atoms with Crippen LogP contribution >= 0.6 is 0 Å². The summed E-state index contributed by atoms with van der Waals surface area (Å²) in [7, 11) is 0. The van der Waals surface area contributed by atoms with Crippen molar-refractivity contribution in [3.05, 3.63) is 70.8 Å². The standard InChI is InChI=1S/C16H14F3NO/c1-11-4-2-6-13(8-11)15(21)20-10-12-5-3-7-14(9-12)16(17,18)19/h2-9H,10H2,1H3,(H,20,21). The topological polar surface area (TPSA) is 29.1 Å². The van der Waals surface area contributed by atoms with Crippen LogP contribution in [0.15, 0.2) is 48.5 Å². The zero-order valence-electron chi connectivity index (χ0n) is 11.4. The van der Waals surface area contributed by atoms with Crippen molar-refractivity contribution >= 4 is 5.91 Å². The Morgan fingerprint density at radius 3 is 2.48 bits per heavy atom. The van der Waals surface area contributed by atoms with Crippen LogP contribution in [0, 0.1) is 6.92 Å². The number of carbonyl (C=O) groups excluding carboxylic acids is 1. The highest BCUT2D eigenvalue weighted by atomic mass is 19.4. The molecule has 0 atom stereocenters. The molecule has 0 radical (unpaired) electrons. The van der Waals surface area contributed by atoms with Crippen molar-refractivity contribution in [2.45, 2.75) is 19.6 Å². The fourth-order valence-electron chi connectivity index (χ4n) is 1.93. The maximum atomic E-state index is 12.6. The van der Waals surface area contributed by atoms with Gasteiger partial charge in [0.2, 0.25) is 0 Å². The summed E-state index contributed by atoms with van der Waals surface area (Å²) in [6.07, 6.45) is -4.38. The highest BCUT2D eigenvalue weighted by molar-refractivity contribution is 5.94. The largest absolute Gasteiger partial charge is 0.416 e. The van der Waals surface area contributed by atoms with Crippen molar-refractivity contribution in [3.63, 3.8) is 0 Å². The molecule has 2 aromatic carbocycles. The van der Waals surface area contributed by atoms with Crippen LogP contribution in [-0.4, -0.2) is 5.91 Å². The lowest BCUT2D eigenvalue weighted by atomic mass is 10.1. The fraction of sp³-hybridized carbons (Fsp3) is 0.188. The number of amides is 1. The van der Waals surface area contributed by atoms with Crippen molar-refractivity contribution in [2.24, 2.45) is 0 Å². The van der Waals surface area contributed by atoms with E-state index in [1.165, 1.54) is 6.07 Å². The predicted molar refractivity (Wildman–Crippen MR) is 73.8 cm³/mol. The normalized spacial score (nSPS) is 11.2. The van der Waals surface area contributed by atoms with Crippen LogP contribution in [0.5, 0.6) is 0 Å². The van der Waals surface area contributed by atoms with Gasteiger partial charge < -0.3 is 5.32 Å². The minimum atomic E-state index is -4.38. The minimum absolute atomic E-state index is 0.0523. The highest BCUT2D eigenvalue weighted by Crippen LogP contribution is 2.29. The summed E-state index contributed by atoms with van der Waals surface area (Å²) in [5.74, 6) is -0.309. The number of nitrogens with one attached hydrogen (secondary N) is 1. The van der Waals surface area contributed by atoms with Crippen molar-refractivity contribution in [1.29, 1.82) is 0 Å². The number of alkyl halides is 3. The van der Waals surface area contributed by atoms with Gasteiger partial charge in [0.1, 0.15) is 0 Å². The Balaban J connectivity index is 2.05. The molecule has 1 N–H and O–H groups in total. The van der Waals surface area contributed by atoms with Gasteiger partial charge in [-0.05, 0) is 36.8 Å². The SMILES string of the molecule is Cc1cccc(C(=O)NCc2cccc(C(F)(F)F)c2)c1. The van der Waals surface area contributed by atoms with Crippen LogP contribution in [-0.2, 0) is 12.7 Å². The first kappa shape index (κ1) is 15.1. The first-order valence-electron chi connectivity index (χ1n) is 6.37. The van der Waals surface area contributed by atoms with E-state index >= 15 is 0 Å². The van der Waals surface area contributed by atoms with Gasteiger partial charge in [-0.3, -0.25) is 4.79 Å². The number of hydrogen-bond donors (Lipinski definition) is 1. The highest BCUT2D eigenvalue weighted by Gasteiger charge is 2.30. The van der Waals surface area contributed by atoms with Crippen LogP contribution in [0.4, 0.5) is 13.2 Å². The summed E-state index contributed by atoms with van der Waals surface area (Å²) in [5.41, 5.74) is 1.12. The van der Waals surface area contributed by atoms with Gasteiger partial charge in [0.25, 0.3) is 5.91 Å². The Kier molecular flexibility index (Phi) is 4.31. The average molecular weight is 293 g/mol. The summed E-state index contributed by atoms with van der Waals surface area (Å²) in [4.78, 5) is 11.9. The maximum Gasteiger partial charge on any atom is 0.416 e. The van der Waals surface area contributed by atoms with E-state index in [1.807, 2.05) is 13.0 Å². The zero-order valence-corrected chi connectivity index (χ0v) is 11.4. The molecule has 2 aromatic rings. The van der Waals surface area contributed by atoms with Crippen LogP contribution in [0.2, 0.25) is 0 Å². The molecule has 0 aliphatic carbocycles. The molecule has 1 amide bonds. The minimum Gasteiger partial charge on any atom is -0.348 e. The van der Waals surface area contributed by atoms with E-state index < -0.39 is 11.7 Å². The number of aryl methyl sites for hydroxylation is 1. The molecule has 0 aliphatic heterocycles. The number of rotatable bonds is 3. The van der Waals surface area contributed by atoms with Crippen molar-refractivity contribution < 1.29 is 18.0 Å². The van der Waals surface area contributed by atoms with Gasteiger partial charge in [0.15, 0.2) is 0 Å². The van der Waals surface area contributed by atoms with Gasteiger partial charge in [0.05, 0.1) is 5.56 Å². The Morgan fingerprint density at radius 1 is 1.10 bits per heavy atom. The van der Waals surface area contributed by atoms with Crippen molar-refractivity contribution in [2.75, 3.05) is 0 Å². The molecular weight excluding hydrogens is 279 g/mol. The van der Waals surface area contributed by atoms with Crippen molar-refractivity contribution in [3.8, 4) is 0 Å². The lowest BCUT2D eigenvalue weighted by molar-refractivity contribution is -0.137. The quantitative estimate of drug-likeness (QED) is 0.912. The zero-order chi connectivity index (χ0) is 15.5. The van der Waals surface area contributed by atoms with E-state index in [2.05, 4.69) is 5.32 Å². The van der Waals surface area contributed by atoms with E-state index in [-0.39, 0.29) is 12.5 Å². The molecule has 0 saturated carbocycles. The molecule has 0 spiro atoms. The number of carbonyl (C=O) groups is 1. The van der Waals surface area contributed by atoms with Gasteiger partial charge in [-0.2, -0.15) is 13.2 Å². The molecular formula is C16H14F3NO. The number of halogens is 3. The van der Waals surface area contributed by atoms with Gasteiger partial charge in [-0.25, -0.2) is 0 Å². The van der Waals surface area contributed by atoms with Crippen molar-refractivity contribution in [1.82, 2.24) is 5.32 Å². The monoisotopic (exact) mass is 293 g/mol. The van der Waals surface area contributed by atoms with Gasteiger partial charge in [-0.1, -0.05) is 29.8 Å². The molecule has 21 heavy (non-hydrogen) atoms. The molecule has 110 valence electrons. The number of benzene rings is 2. The van der Waals surface area contributed by atoms with E-state index in [0.29, 0.717) is 11.1 Å². The van der Waals surface area contributed by atoms with Crippen LogP contribution in [0.3, 0.4) is 0 Å². The van der Waals surface area contributed by atoms with Gasteiger partial charge in [-0.15, -0.1) is 0 Å². The molecule has 0 fully saturated rings. The molecule has 0 aliphatic rings. The Bertz CT molecular complexity index is 650.